The average Bonchev–Trinajstić information content (AvgIpc) is 2.85. The Morgan fingerprint density at radius 3 is 2.57 bits per heavy atom. The molecule has 5 nitrogen and oxygen atoms in total. The Bertz CT molecular complexity index is 656. The van der Waals surface area contributed by atoms with Gasteiger partial charge in [-0.05, 0) is 19.1 Å². The second-order valence-electron chi connectivity index (χ2n) is 4.17. The number of para-hydroxylation sites is 1. The molecule has 0 bridgehead atoms. The number of aryl methyl sites for hydroxylation is 1. The highest BCUT2D eigenvalue weighted by Gasteiger charge is 2.49. The maximum atomic E-state index is 13.0. The number of anilines is 1. The normalized spacial score (nSPS) is 11.7. The average molecular weight is 302 g/mol. The van der Waals surface area contributed by atoms with Gasteiger partial charge in [0.2, 0.25) is 0 Å². The number of nitrogens with zero attached hydrogens (tertiary/aromatic N) is 2. The van der Waals surface area contributed by atoms with Crippen molar-refractivity contribution in [2.24, 2.45) is 0 Å². The van der Waals surface area contributed by atoms with Crippen LogP contribution >= 0.6 is 0 Å². The van der Waals surface area contributed by atoms with Crippen LogP contribution < -0.4 is 5.32 Å². The van der Waals surface area contributed by atoms with E-state index in [9.17, 15) is 22.4 Å². The van der Waals surface area contributed by atoms with Gasteiger partial charge in [-0.2, -0.15) is 13.9 Å². The maximum absolute atomic E-state index is 13.0. The summed E-state index contributed by atoms with van der Waals surface area (Å²) in [5, 5.41) is 8.16. The van der Waals surface area contributed by atoms with E-state index in [1.165, 1.54) is 18.2 Å². The fraction of sp³-hybridized carbons (Fsp3) is 0.250. The van der Waals surface area contributed by atoms with Crippen LogP contribution in [-0.4, -0.2) is 33.4 Å². The first-order chi connectivity index (χ1) is 9.82. The molecule has 1 heterocycles. The Morgan fingerprint density at radius 1 is 1.33 bits per heavy atom. The molecule has 0 fully saturated rings. The molecule has 2 aromatic rings. The van der Waals surface area contributed by atoms with Crippen molar-refractivity contribution in [1.29, 1.82) is 0 Å². The molecule has 0 spiro atoms. The predicted octanol–water partition coefficient (Wildman–Crippen LogP) is 2.62. The largest absolute Gasteiger partial charge is 0.383 e. The number of nitrogens with one attached hydrogen (secondary N) is 2. The highest BCUT2D eigenvalue weighted by Crippen LogP contribution is 2.29. The first-order valence-electron chi connectivity index (χ1n) is 5.78. The zero-order chi connectivity index (χ0) is 15.6. The molecule has 2 N–H and O–H groups in total. The molecule has 1 aromatic carbocycles. The van der Waals surface area contributed by atoms with Crippen LogP contribution in [0.1, 0.15) is 5.82 Å². The maximum Gasteiger partial charge on any atom is 0.383 e. The Labute approximate surface area is 116 Å². The molecule has 112 valence electrons. The Kier molecular flexibility index (Phi) is 3.92. The third-order valence-electron chi connectivity index (χ3n) is 2.59. The minimum Gasteiger partial charge on any atom is -0.320 e. The van der Waals surface area contributed by atoms with Crippen LogP contribution in [0.4, 0.5) is 23.2 Å². The standard InChI is InChI=1S/C12H10F4N4O/c1-6-17-9(20-19-6)7-4-2-3-5-8(7)18-11(21)12(15,16)10(13)14/h2-5,10H,1H3,(H,18,21)(H,17,19,20). The van der Waals surface area contributed by atoms with Crippen molar-refractivity contribution in [3.05, 3.63) is 30.1 Å². The van der Waals surface area contributed by atoms with Crippen LogP contribution in [0, 0.1) is 6.92 Å². The molecule has 0 atom stereocenters. The Hall–Kier alpha value is -2.45. The Morgan fingerprint density at radius 2 is 2.00 bits per heavy atom. The summed E-state index contributed by atoms with van der Waals surface area (Å²) in [5.74, 6) is -6.23. The van der Waals surface area contributed by atoms with Gasteiger partial charge in [0.25, 0.3) is 0 Å². The van der Waals surface area contributed by atoms with Crippen molar-refractivity contribution in [3.63, 3.8) is 0 Å². The molecule has 2 rings (SSSR count). The van der Waals surface area contributed by atoms with Gasteiger partial charge in [0.15, 0.2) is 5.82 Å². The van der Waals surface area contributed by atoms with E-state index >= 15 is 0 Å². The minimum absolute atomic E-state index is 0.0816. The van der Waals surface area contributed by atoms with Crippen molar-refractivity contribution in [1.82, 2.24) is 15.2 Å². The predicted molar refractivity (Wildman–Crippen MR) is 66.1 cm³/mol. The molecule has 0 saturated heterocycles. The monoisotopic (exact) mass is 302 g/mol. The van der Waals surface area contributed by atoms with Crippen molar-refractivity contribution < 1.29 is 22.4 Å². The number of benzene rings is 1. The molecule has 0 aliphatic heterocycles. The number of hydrogen-bond acceptors (Lipinski definition) is 3. The van der Waals surface area contributed by atoms with E-state index in [-0.39, 0.29) is 17.1 Å². The van der Waals surface area contributed by atoms with Crippen LogP contribution in [0.15, 0.2) is 24.3 Å². The van der Waals surface area contributed by atoms with Crippen LogP contribution in [0.2, 0.25) is 0 Å². The van der Waals surface area contributed by atoms with Crippen LogP contribution in [0.3, 0.4) is 0 Å². The number of aromatic amines is 1. The zero-order valence-corrected chi connectivity index (χ0v) is 10.7. The minimum atomic E-state index is -4.78. The lowest BCUT2D eigenvalue weighted by Crippen LogP contribution is -2.41. The molecule has 1 amide bonds. The lowest BCUT2D eigenvalue weighted by atomic mass is 10.1. The van der Waals surface area contributed by atoms with E-state index in [4.69, 9.17) is 0 Å². The summed E-state index contributed by atoms with van der Waals surface area (Å²) in [6.07, 6.45) is -4.09. The summed E-state index contributed by atoms with van der Waals surface area (Å²) in [6.45, 7) is 1.63. The second-order valence-corrected chi connectivity index (χ2v) is 4.17. The fourth-order valence-electron chi connectivity index (χ4n) is 1.56. The van der Waals surface area contributed by atoms with Gasteiger partial charge in [-0.1, -0.05) is 12.1 Å². The lowest BCUT2D eigenvalue weighted by Gasteiger charge is -2.16. The molecule has 0 aliphatic rings. The van der Waals surface area contributed by atoms with Gasteiger partial charge in [-0.3, -0.25) is 9.89 Å². The summed E-state index contributed by atoms with van der Waals surface area (Å²) < 4.78 is 50.2. The molecule has 0 unspecified atom stereocenters. The number of halogens is 4. The summed E-state index contributed by atoms with van der Waals surface area (Å²) in [5.41, 5.74) is 0.155. The van der Waals surface area contributed by atoms with E-state index in [2.05, 4.69) is 15.2 Å². The number of H-pyrrole nitrogens is 1. The summed E-state index contributed by atoms with van der Waals surface area (Å²) in [6, 6.07) is 5.79. The van der Waals surface area contributed by atoms with Gasteiger partial charge in [0, 0.05) is 5.56 Å². The molecule has 9 heteroatoms. The number of carbonyl (C=O) groups excluding carboxylic acids is 1. The number of rotatable bonds is 4. The molecule has 0 aliphatic carbocycles. The number of aromatic nitrogens is 3. The van der Waals surface area contributed by atoms with E-state index in [0.29, 0.717) is 5.82 Å². The van der Waals surface area contributed by atoms with Crippen LogP contribution in [0.25, 0.3) is 11.4 Å². The van der Waals surface area contributed by atoms with E-state index in [0.717, 1.165) is 0 Å². The van der Waals surface area contributed by atoms with Gasteiger partial charge in [0.05, 0.1) is 5.69 Å². The van der Waals surface area contributed by atoms with Crippen LogP contribution in [0.5, 0.6) is 0 Å². The third kappa shape index (κ3) is 3.01. The SMILES string of the molecule is Cc1nc(-c2ccccc2NC(=O)C(F)(F)C(F)F)n[nH]1. The number of hydrogen-bond donors (Lipinski definition) is 2. The van der Waals surface area contributed by atoms with Crippen molar-refractivity contribution in [3.8, 4) is 11.4 Å². The molecule has 0 radical (unpaired) electrons. The zero-order valence-electron chi connectivity index (χ0n) is 10.7. The Balaban J connectivity index is 2.32. The molecular formula is C12H10F4N4O. The molecule has 1 aromatic heterocycles. The van der Waals surface area contributed by atoms with Crippen molar-refractivity contribution in [2.45, 2.75) is 19.3 Å². The summed E-state index contributed by atoms with van der Waals surface area (Å²) >= 11 is 0. The lowest BCUT2D eigenvalue weighted by molar-refractivity contribution is -0.163. The number of amides is 1. The second kappa shape index (κ2) is 5.51. The quantitative estimate of drug-likeness (QED) is 0.853. The number of carbonyl (C=O) groups is 1. The van der Waals surface area contributed by atoms with Gasteiger partial charge in [-0.25, -0.2) is 13.8 Å². The summed E-state index contributed by atoms with van der Waals surface area (Å²) in [4.78, 5) is 15.3. The third-order valence-corrected chi connectivity index (χ3v) is 2.59. The fourth-order valence-corrected chi connectivity index (χ4v) is 1.56. The van der Waals surface area contributed by atoms with Crippen molar-refractivity contribution >= 4 is 11.6 Å². The summed E-state index contributed by atoms with van der Waals surface area (Å²) in [7, 11) is 0. The van der Waals surface area contributed by atoms with Gasteiger partial charge in [-0.15, -0.1) is 0 Å². The van der Waals surface area contributed by atoms with E-state index < -0.39 is 18.3 Å². The first-order valence-corrected chi connectivity index (χ1v) is 5.78. The van der Waals surface area contributed by atoms with Gasteiger partial charge in [0.1, 0.15) is 5.82 Å². The molecular weight excluding hydrogens is 292 g/mol. The van der Waals surface area contributed by atoms with Gasteiger partial charge >= 0.3 is 18.3 Å². The topological polar surface area (TPSA) is 70.7 Å². The number of alkyl halides is 4. The van der Waals surface area contributed by atoms with E-state index in [1.807, 2.05) is 0 Å². The highest BCUT2D eigenvalue weighted by molar-refractivity contribution is 5.99. The molecule has 21 heavy (non-hydrogen) atoms. The molecule has 0 saturated carbocycles. The first kappa shape index (κ1) is 14.9. The smallest absolute Gasteiger partial charge is 0.320 e. The van der Waals surface area contributed by atoms with E-state index in [1.54, 1.807) is 18.3 Å². The van der Waals surface area contributed by atoms with Crippen molar-refractivity contribution in [2.75, 3.05) is 5.32 Å². The van der Waals surface area contributed by atoms with Gasteiger partial charge < -0.3 is 5.32 Å². The van der Waals surface area contributed by atoms with Crippen LogP contribution in [-0.2, 0) is 4.79 Å². The highest BCUT2D eigenvalue weighted by atomic mass is 19.3.